The van der Waals surface area contributed by atoms with Crippen LogP contribution in [0.1, 0.15) is 0 Å². The SMILES string of the molecule is CN(c1nnc(N)[nH]1)c1cccs1. The van der Waals surface area contributed by atoms with Gasteiger partial charge in [-0.2, -0.15) is 0 Å². The van der Waals surface area contributed by atoms with Crippen molar-refractivity contribution in [3.05, 3.63) is 17.5 Å². The smallest absolute Gasteiger partial charge is 0.230 e. The van der Waals surface area contributed by atoms with E-state index in [-0.39, 0.29) is 0 Å². The molecule has 0 aliphatic carbocycles. The molecule has 0 fully saturated rings. The van der Waals surface area contributed by atoms with E-state index in [2.05, 4.69) is 15.2 Å². The Labute approximate surface area is 79.2 Å². The highest BCUT2D eigenvalue weighted by molar-refractivity contribution is 7.14. The van der Waals surface area contributed by atoms with Crippen molar-refractivity contribution in [2.45, 2.75) is 0 Å². The van der Waals surface area contributed by atoms with Gasteiger partial charge in [0.05, 0.1) is 5.00 Å². The minimum atomic E-state index is 0.332. The summed E-state index contributed by atoms with van der Waals surface area (Å²) in [4.78, 5) is 4.75. The van der Waals surface area contributed by atoms with Crippen LogP contribution < -0.4 is 10.6 Å². The number of nitrogens with zero attached hydrogens (tertiary/aromatic N) is 3. The molecule has 0 radical (unpaired) electrons. The number of rotatable bonds is 2. The number of nitrogens with one attached hydrogen (secondary N) is 1. The van der Waals surface area contributed by atoms with Crippen molar-refractivity contribution in [1.82, 2.24) is 15.2 Å². The number of aromatic amines is 1. The number of nitrogen functional groups attached to an aromatic ring is 1. The van der Waals surface area contributed by atoms with E-state index in [0.29, 0.717) is 11.9 Å². The Morgan fingerprint density at radius 3 is 2.92 bits per heavy atom. The lowest BCUT2D eigenvalue weighted by Gasteiger charge is -2.11. The van der Waals surface area contributed by atoms with Crippen molar-refractivity contribution in [3.63, 3.8) is 0 Å². The first-order valence-corrected chi connectivity index (χ1v) is 4.61. The fourth-order valence-electron chi connectivity index (χ4n) is 0.982. The van der Waals surface area contributed by atoms with E-state index in [4.69, 9.17) is 5.73 Å². The van der Waals surface area contributed by atoms with Crippen LogP contribution in [-0.4, -0.2) is 22.2 Å². The molecule has 0 amide bonds. The highest BCUT2D eigenvalue weighted by atomic mass is 32.1. The molecular formula is C7H9N5S. The standard InChI is InChI=1S/C7H9N5S/c1-12(5-3-2-4-13-5)7-9-6(8)10-11-7/h2-4H,1H3,(H3,8,9,10,11). The van der Waals surface area contributed by atoms with Crippen molar-refractivity contribution >= 4 is 28.2 Å². The molecule has 0 saturated heterocycles. The largest absolute Gasteiger partial charge is 0.368 e. The predicted molar refractivity (Wildman–Crippen MR) is 53.2 cm³/mol. The zero-order chi connectivity index (χ0) is 9.26. The van der Waals surface area contributed by atoms with E-state index in [9.17, 15) is 0 Å². The minimum Gasteiger partial charge on any atom is -0.368 e. The average molecular weight is 195 g/mol. The van der Waals surface area contributed by atoms with Gasteiger partial charge in [0, 0.05) is 7.05 Å². The molecule has 0 atom stereocenters. The van der Waals surface area contributed by atoms with E-state index in [1.54, 1.807) is 11.3 Å². The summed E-state index contributed by atoms with van der Waals surface area (Å²) in [5.41, 5.74) is 5.42. The van der Waals surface area contributed by atoms with Crippen molar-refractivity contribution in [1.29, 1.82) is 0 Å². The highest BCUT2D eigenvalue weighted by Gasteiger charge is 2.08. The van der Waals surface area contributed by atoms with Crippen LogP contribution in [0.2, 0.25) is 0 Å². The zero-order valence-corrected chi connectivity index (χ0v) is 7.88. The Bertz CT molecular complexity index is 379. The Hall–Kier alpha value is -1.56. The molecule has 3 N–H and O–H groups in total. The molecule has 13 heavy (non-hydrogen) atoms. The quantitative estimate of drug-likeness (QED) is 0.755. The van der Waals surface area contributed by atoms with Gasteiger partial charge in [-0.3, -0.25) is 4.98 Å². The number of anilines is 3. The van der Waals surface area contributed by atoms with E-state index in [0.717, 1.165) is 5.00 Å². The number of thiophene rings is 1. The molecule has 68 valence electrons. The van der Waals surface area contributed by atoms with Crippen molar-refractivity contribution in [2.24, 2.45) is 0 Å². The van der Waals surface area contributed by atoms with Crippen LogP contribution in [0.5, 0.6) is 0 Å². The predicted octanol–water partition coefficient (Wildman–Crippen LogP) is 1.22. The number of H-pyrrole nitrogens is 1. The number of nitrogens with two attached hydrogens (primary N) is 1. The van der Waals surface area contributed by atoms with Gasteiger partial charge in [-0.1, -0.05) is 0 Å². The summed E-state index contributed by atoms with van der Waals surface area (Å²) >= 11 is 1.63. The van der Waals surface area contributed by atoms with Crippen molar-refractivity contribution in [3.8, 4) is 0 Å². The van der Waals surface area contributed by atoms with Gasteiger partial charge < -0.3 is 10.6 Å². The van der Waals surface area contributed by atoms with Gasteiger partial charge in [0.15, 0.2) is 0 Å². The normalized spacial score (nSPS) is 10.2. The maximum Gasteiger partial charge on any atom is 0.230 e. The van der Waals surface area contributed by atoms with Gasteiger partial charge in [-0.15, -0.1) is 21.5 Å². The minimum absolute atomic E-state index is 0.332. The molecule has 5 nitrogen and oxygen atoms in total. The summed E-state index contributed by atoms with van der Waals surface area (Å²) in [5.74, 6) is 0.985. The second-order valence-electron chi connectivity index (χ2n) is 2.54. The van der Waals surface area contributed by atoms with Crippen LogP contribution in [0, 0.1) is 0 Å². The summed E-state index contributed by atoms with van der Waals surface area (Å²) in [6.45, 7) is 0. The molecule has 0 bridgehead atoms. The first kappa shape index (κ1) is 8.06. The zero-order valence-electron chi connectivity index (χ0n) is 7.06. The summed E-state index contributed by atoms with van der Waals surface area (Å²) < 4.78 is 0. The van der Waals surface area contributed by atoms with E-state index in [1.165, 1.54) is 0 Å². The second kappa shape index (κ2) is 3.06. The molecule has 0 aliphatic heterocycles. The van der Waals surface area contributed by atoms with Crippen LogP contribution in [0.4, 0.5) is 16.9 Å². The van der Waals surface area contributed by atoms with E-state index >= 15 is 0 Å². The molecule has 2 rings (SSSR count). The Morgan fingerprint density at radius 1 is 1.54 bits per heavy atom. The summed E-state index contributed by atoms with van der Waals surface area (Å²) in [7, 11) is 1.91. The number of aromatic nitrogens is 3. The third-order valence-corrected chi connectivity index (χ3v) is 2.59. The lowest BCUT2D eigenvalue weighted by atomic mass is 10.6. The Balaban J connectivity index is 2.28. The van der Waals surface area contributed by atoms with Gasteiger partial charge >= 0.3 is 0 Å². The highest BCUT2D eigenvalue weighted by Crippen LogP contribution is 2.24. The average Bonchev–Trinajstić information content (AvgIpc) is 2.72. The topological polar surface area (TPSA) is 70.8 Å². The molecular weight excluding hydrogens is 186 g/mol. The van der Waals surface area contributed by atoms with Crippen molar-refractivity contribution < 1.29 is 0 Å². The molecule has 2 aromatic heterocycles. The van der Waals surface area contributed by atoms with Gasteiger partial charge in [0.2, 0.25) is 11.9 Å². The lowest BCUT2D eigenvalue weighted by Crippen LogP contribution is -2.09. The number of hydrogen-bond acceptors (Lipinski definition) is 5. The second-order valence-corrected chi connectivity index (χ2v) is 3.47. The van der Waals surface area contributed by atoms with Crippen molar-refractivity contribution in [2.75, 3.05) is 17.7 Å². The van der Waals surface area contributed by atoms with Crippen LogP contribution in [0.15, 0.2) is 17.5 Å². The molecule has 2 aromatic rings. The molecule has 2 heterocycles. The third kappa shape index (κ3) is 1.48. The van der Waals surface area contributed by atoms with Gasteiger partial charge in [-0.05, 0) is 17.5 Å². The van der Waals surface area contributed by atoms with Gasteiger partial charge in [0.1, 0.15) is 0 Å². The maximum atomic E-state index is 5.42. The Morgan fingerprint density at radius 2 is 2.38 bits per heavy atom. The first-order valence-electron chi connectivity index (χ1n) is 3.73. The van der Waals surface area contributed by atoms with Crippen LogP contribution in [0.25, 0.3) is 0 Å². The molecule has 0 aromatic carbocycles. The molecule has 0 aliphatic rings. The molecule has 0 spiro atoms. The lowest BCUT2D eigenvalue weighted by molar-refractivity contribution is 1.04. The monoisotopic (exact) mass is 195 g/mol. The fraction of sp³-hybridized carbons (Fsp3) is 0.143. The first-order chi connectivity index (χ1) is 6.27. The summed E-state index contributed by atoms with van der Waals surface area (Å²) in [5, 5.41) is 10.7. The van der Waals surface area contributed by atoms with Gasteiger partial charge in [0.25, 0.3) is 0 Å². The maximum absolute atomic E-state index is 5.42. The summed E-state index contributed by atoms with van der Waals surface area (Å²) in [6.07, 6.45) is 0. The van der Waals surface area contributed by atoms with Gasteiger partial charge in [-0.25, -0.2) is 0 Å². The van der Waals surface area contributed by atoms with Crippen LogP contribution in [0.3, 0.4) is 0 Å². The molecule has 6 heteroatoms. The Kier molecular flexibility index (Phi) is 1.90. The molecule has 0 unspecified atom stereocenters. The van der Waals surface area contributed by atoms with E-state index in [1.807, 2.05) is 29.5 Å². The summed E-state index contributed by atoms with van der Waals surface area (Å²) in [6, 6.07) is 3.99. The molecule has 0 saturated carbocycles. The van der Waals surface area contributed by atoms with E-state index < -0.39 is 0 Å². The third-order valence-electron chi connectivity index (χ3n) is 1.65. The fourth-order valence-corrected chi connectivity index (χ4v) is 1.68. The van der Waals surface area contributed by atoms with Crippen LogP contribution in [-0.2, 0) is 0 Å². The van der Waals surface area contributed by atoms with Crippen LogP contribution >= 0.6 is 11.3 Å². The number of hydrogen-bond donors (Lipinski definition) is 2.